The number of aromatic nitrogens is 4. The predicted molar refractivity (Wildman–Crippen MR) is 74.9 cm³/mol. The van der Waals surface area contributed by atoms with Crippen molar-refractivity contribution in [3.8, 4) is 5.75 Å². The molecule has 6 nitrogen and oxygen atoms in total. The van der Waals surface area contributed by atoms with E-state index >= 15 is 0 Å². The van der Waals surface area contributed by atoms with Crippen LogP contribution in [0, 0.1) is 0 Å². The first-order chi connectivity index (χ1) is 9.68. The van der Waals surface area contributed by atoms with E-state index in [0.717, 1.165) is 0 Å². The fraction of sp³-hybridized carbons (Fsp3) is 0. The molecule has 3 aromatic rings. The zero-order valence-electron chi connectivity index (χ0n) is 10.2. The molecule has 3 rings (SSSR count). The van der Waals surface area contributed by atoms with Gasteiger partial charge >= 0.3 is 7.67 Å². The van der Waals surface area contributed by atoms with Gasteiger partial charge in [0.15, 0.2) is 0 Å². The van der Waals surface area contributed by atoms with Crippen molar-refractivity contribution in [3.63, 3.8) is 0 Å². The number of halogens is 1. The molecule has 0 aliphatic carbocycles. The highest BCUT2D eigenvalue weighted by Crippen LogP contribution is 2.49. The van der Waals surface area contributed by atoms with Crippen molar-refractivity contribution in [2.24, 2.45) is 0 Å². The van der Waals surface area contributed by atoms with Gasteiger partial charge in [-0.05, 0) is 24.3 Å². The maximum absolute atomic E-state index is 13.2. The highest BCUT2D eigenvalue weighted by molar-refractivity contribution is 7.56. The number of imidazole rings is 2. The molecular weight excluding hydrogens is 299 g/mol. The summed E-state index contributed by atoms with van der Waals surface area (Å²) in [6.45, 7) is 0. The van der Waals surface area contributed by atoms with Crippen LogP contribution in [0.2, 0.25) is 5.02 Å². The van der Waals surface area contributed by atoms with Crippen LogP contribution in [0.4, 0.5) is 0 Å². The van der Waals surface area contributed by atoms with Gasteiger partial charge in [0, 0.05) is 29.8 Å². The molecule has 102 valence electrons. The van der Waals surface area contributed by atoms with Crippen LogP contribution in [-0.4, -0.2) is 18.6 Å². The van der Waals surface area contributed by atoms with Crippen LogP contribution in [-0.2, 0) is 4.57 Å². The minimum absolute atomic E-state index is 0.445. The Morgan fingerprint density at radius 1 is 1.00 bits per heavy atom. The summed E-state index contributed by atoms with van der Waals surface area (Å²) in [4.78, 5) is 7.82. The first-order valence-corrected chi connectivity index (χ1v) is 7.62. The molecule has 2 heterocycles. The second-order valence-electron chi connectivity index (χ2n) is 3.92. The molecule has 2 aromatic heterocycles. The molecule has 0 bridgehead atoms. The molecule has 0 fully saturated rings. The van der Waals surface area contributed by atoms with Crippen molar-refractivity contribution >= 4 is 19.3 Å². The van der Waals surface area contributed by atoms with E-state index in [-0.39, 0.29) is 0 Å². The summed E-state index contributed by atoms with van der Waals surface area (Å²) in [5.74, 6) is 0.445. The molecule has 0 spiro atoms. The predicted octanol–water partition coefficient (Wildman–Crippen LogP) is 3.32. The molecule has 0 radical (unpaired) electrons. The number of hydrogen-bond donors (Lipinski definition) is 0. The third kappa shape index (κ3) is 2.35. The normalized spacial score (nSPS) is 11.4. The van der Waals surface area contributed by atoms with Gasteiger partial charge in [0.25, 0.3) is 0 Å². The number of nitrogens with zero attached hydrogens (tertiary/aromatic N) is 4. The van der Waals surface area contributed by atoms with Gasteiger partial charge in [-0.15, -0.1) is 0 Å². The minimum atomic E-state index is -3.40. The van der Waals surface area contributed by atoms with Crippen LogP contribution < -0.4 is 4.52 Å². The average molecular weight is 309 g/mol. The molecule has 0 aliphatic rings. The molecule has 0 saturated heterocycles. The Hall–Kier alpha value is -2.04. The van der Waals surface area contributed by atoms with Crippen LogP contribution in [0.3, 0.4) is 0 Å². The lowest BCUT2D eigenvalue weighted by Crippen LogP contribution is -2.09. The van der Waals surface area contributed by atoms with E-state index in [9.17, 15) is 4.57 Å². The second kappa shape index (κ2) is 5.15. The number of hydrogen-bond acceptors (Lipinski definition) is 4. The lowest BCUT2D eigenvalue weighted by molar-refractivity contribution is 0.460. The number of rotatable bonds is 4. The quantitative estimate of drug-likeness (QED) is 0.694. The second-order valence-corrected chi connectivity index (χ2v) is 6.45. The van der Waals surface area contributed by atoms with Crippen LogP contribution >= 0.6 is 19.3 Å². The Morgan fingerprint density at radius 2 is 1.55 bits per heavy atom. The van der Waals surface area contributed by atoms with Crippen LogP contribution in [0.5, 0.6) is 5.75 Å². The molecule has 8 heteroatoms. The van der Waals surface area contributed by atoms with Crippen LogP contribution in [0.15, 0.2) is 61.7 Å². The Bertz CT molecular complexity index is 687. The summed E-state index contributed by atoms with van der Waals surface area (Å²) in [6, 6.07) is 6.65. The zero-order valence-corrected chi connectivity index (χ0v) is 11.9. The fourth-order valence-electron chi connectivity index (χ4n) is 1.65. The summed E-state index contributed by atoms with van der Waals surface area (Å²) in [5, 5.41) is 0.581. The first kappa shape index (κ1) is 13.0. The first-order valence-electron chi connectivity index (χ1n) is 5.71. The van der Waals surface area contributed by atoms with E-state index in [1.807, 2.05) is 0 Å². The van der Waals surface area contributed by atoms with E-state index in [1.54, 1.807) is 36.7 Å². The van der Waals surface area contributed by atoms with E-state index in [0.29, 0.717) is 10.8 Å². The molecule has 0 aliphatic heterocycles. The average Bonchev–Trinajstić information content (AvgIpc) is 3.15. The standard InChI is InChI=1S/C12H10ClN4O2P/c13-11-1-3-12(4-2-11)19-20(18,16-7-5-14-9-16)17-8-6-15-10-17/h1-10H. The Labute approximate surface area is 120 Å². The van der Waals surface area contributed by atoms with Gasteiger partial charge in [0.05, 0.1) is 0 Å². The summed E-state index contributed by atoms with van der Waals surface area (Å²) in [6.07, 6.45) is 9.12. The van der Waals surface area contributed by atoms with Crippen molar-refractivity contribution in [1.82, 2.24) is 18.6 Å². The molecule has 0 amide bonds. The number of benzene rings is 1. The third-order valence-corrected chi connectivity index (χ3v) is 4.94. The van der Waals surface area contributed by atoms with Crippen molar-refractivity contribution in [1.29, 1.82) is 0 Å². The van der Waals surface area contributed by atoms with Crippen molar-refractivity contribution in [2.75, 3.05) is 0 Å². The minimum Gasteiger partial charge on any atom is -0.413 e. The van der Waals surface area contributed by atoms with Crippen LogP contribution in [0.1, 0.15) is 0 Å². The highest BCUT2D eigenvalue weighted by Gasteiger charge is 2.29. The van der Waals surface area contributed by atoms with Gasteiger partial charge in [-0.1, -0.05) is 11.6 Å². The Balaban J connectivity index is 2.03. The molecule has 20 heavy (non-hydrogen) atoms. The summed E-state index contributed by atoms with van der Waals surface area (Å²) in [7, 11) is -3.40. The van der Waals surface area contributed by atoms with E-state index < -0.39 is 7.67 Å². The monoisotopic (exact) mass is 308 g/mol. The van der Waals surface area contributed by atoms with E-state index in [1.165, 1.54) is 33.7 Å². The SMILES string of the molecule is O=P(Oc1ccc(Cl)cc1)(n1ccnc1)n1ccnc1. The smallest absolute Gasteiger partial charge is 0.413 e. The van der Waals surface area contributed by atoms with E-state index in [2.05, 4.69) is 9.97 Å². The van der Waals surface area contributed by atoms with Crippen molar-refractivity contribution < 1.29 is 9.09 Å². The Kier molecular flexibility index (Phi) is 3.34. The zero-order chi connectivity index (χ0) is 14.0. The highest BCUT2D eigenvalue weighted by atomic mass is 35.5. The topological polar surface area (TPSA) is 61.9 Å². The molecule has 0 unspecified atom stereocenters. The van der Waals surface area contributed by atoms with Gasteiger partial charge in [-0.2, -0.15) is 0 Å². The lowest BCUT2D eigenvalue weighted by Gasteiger charge is -2.20. The summed E-state index contributed by atoms with van der Waals surface area (Å²) in [5.41, 5.74) is 0. The fourth-order valence-corrected chi connectivity index (χ4v) is 3.44. The maximum atomic E-state index is 13.2. The molecule has 1 aromatic carbocycles. The van der Waals surface area contributed by atoms with Gasteiger partial charge in [0.2, 0.25) is 0 Å². The molecule has 0 saturated carbocycles. The van der Waals surface area contributed by atoms with Gasteiger partial charge in [-0.25, -0.2) is 23.2 Å². The van der Waals surface area contributed by atoms with Gasteiger partial charge in [-0.3, -0.25) is 0 Å². The maximum Gasteiger partial charge on any atom is 0.459 e. The molecular formula is C12H10ClN4O2P. The molecule has 0 N–H and O–H groups in total. The van der Waals surface area contributed by atoms with Crippen molar-refractivity contribution in [3.05, 3.63) is 66.7 Å². The third-order valence-electron chi connectivity index (χ3n) is 2.60. The van der Waals surface area contributed by atoms with Gasteiger partial charge in [0.1, 0.15) is 18.4 Å². The summed E-state index contributed by atoms with van der Waals surface area (Å²) >= 11 is 5.83. The van der Waals surface area contributed by atoms with Crippen molar-refractivity contribution in [2.45, 2.75) is 0 Å². The van der Waals surface area contributed by atoms with Gasteiger partial charge < -0.3 is 4.52 Å². The largest absolute Gasteiger partial charge is 0.459 e. The van der Waals surface area contributed by atoms with Crippen LogP contribution in [0.25, 0.3) is 0 Å². The lowest BCUT2D eigenvalue weighted by atomic mass is 10.3. The summed E-state index contributed by atoms with van der Waals surface area (Å²) < 4.78 is 21.7. The molecule has 0 atom stereocenters. The Morgan fingerprint density at radius 3 is 2.00 bits per heavy atom. The van der Waals surface area contributed by atoms with E-state index in [4.69, 9.17) is 16.1 Å².